The molecule has 0 radical (unpaired) electrons. The third kappa shape index (κ3) is 5.24. The minimum Gasteiger partial charge on any atom is -0.443 e. The number of alkyl halides is 1. The molecular weight excluding hydrogens is 576 g/mol. The summed E-state index contributed by atoms with van der Waals surface area (Å²) in [6.07, 6.45) is -1.42. The summed E-state index contributed by atoms with van der Waals surface area (Å²) >= 11 is 16.6. The number of hydrogen-bond acceptors (Lipinski definition) is 6. The van der Waals surface area contributed by atoms with Gasteiger partial charge in [0.1, 0.15) is 9.81 Å². The van der Waals surface area contributed by atoms with Crippen LogP contribution in [0.1, 0.15) is 40.2 Å². The second-order valence-corrected chi connectivity index (χ2v) is 14.7. The summed E-state index contributed by atoms with van der Waals surface area (Å²) in [6.45, 7) is 6.40. The number of fused-ring (bicyclic) bond motifs is 1. The van der Waals surface area contributed by atoms with Gasteiger partial charge in [0.2, 0.25) is 0 Å². The van der Waals surface area contributed by atoms with Crippen molar-refractivity contribution in [3.8, 4) is 0 Å². The van der Waals surface area contributed by atoms with E-state index in [9.17, 15) is 27.6 Å². The minimum atomic E-state index is -5.14. The number of halogens is 3. The summed E-state index contributed by atoms with van der Waals surface area (Å²) in [5.74, 6) is 0. The van der Waals surface area contributed by atoms with Crippen LogP contribution in [0.4, 0.5) is 4.79 Å². The second kappa shape index (κ2) is 8.76. The van der Waals surface area contributed by atoms with E-state index < -0.39 is 34.6 Å². The number of benzene rings is 1. The van der Waals surface area contributed by atoms with Crippen LogP contribution in [0.25, 0.3) is 10.1 Å². The van der Waals surface area contributed by atoms with Gasteiger partial charge in [0, 0.05) is 10.7 Å². The van der Waals surface area contributed by atoms with Crippen molar-refractivity contribution in [1.29, 1.82) is 0 Å². The lowest BCUT2D eigenvalue weighted by Crippen LogP contribution is -2.52. The largest absolute Gasteiger partial charge is 0.443 e. The predicted molar refractivity (Wildman–Crippen MR) is 126 cm³/mol. The fraction of sp³-hybridized carbons (Fsp3) is 0.471. The van der Waals surface area contributed by atoms with Crippen molar-refractivity contribution in [2.75, 3.05) is 0 Å². The summed E-state index contributed by atoms with van der Waals surface area (Å²) in [5, 5.41) is -1.20. The fourth-order valence-electron chi connectivity index (χ4n) is 2.52. The first-order chi connectivity index (χ1) is 13.8. The predicted octanol–water partition coefficient (Wildman–Crippen LogP) is 5.94. The molecule has 31 heavy (non-hydrogen) atoms. The molecule has 2 N–H and O–H groups in total. The van der Waals surface area contributed by atoms with Crippen molar-refractivity contribution in [3.05, 3.63) is 27.7 Å². The lowest BCUT2D eigenvalue weighted by molar-refractivity contribution is 0.0309. The van der Waals surface area contributed by atoms with Gasteiger partial charge < -0.3 is 14.5 Å². The Morgan fingerprint density at radius 1 is 1.23 bits per heavy atom. The average molecular weight is 597 g/mol. The number of sulfonamides is 1. The smallest absolute Gasteiger partial charge is 0.425 e. The van der Waals surface area contributed by atoms with Gasteiger partial charge in [-0.2, -0.15) is 12.7 Å². The maximum absolute atomic E-state index is 13.5. The van der Waals surface area contributed by atoms with E-state index in [1.807, 2.05) is 0 Å². The Kier molecular flexibility index (Phi) is 7.59. The maximum Gasteiger partial charge on any atom is 0.425 e. The standard InChI is InChI=1S/C17H21BrCl2NO7PS2/c1-16(2,3)28-15(22)21(17(4,5)29(23,24)25)31(26,27)12-7-10-13(20)9(8-18)6-11(19)14(10)30-12/h6-7H,8H2,1-5H3,(H2,23,24,25). The molecule has 1 aromatic carbocycles. The van der Waals surface area contributed by atoms with E-state index in [2.05, 4.69) is 15.9 Å². The molecule has 0 saturated carbocycles. The Morgan fingerprint density at radius 3 is 2.23 bits per heavy atom. The molecule has 0 atom stereocenters. The molecule has 0 bridgehead atoms. The molecule has 0 spiro atoms. The summed E-state index contributed by atoms with van der Waals surface area (Å²) in [6, 6.07) is 2.81. The Labute approximate surface area is 202 Å². The van der Waals surface area contributed by atoms with E-state index in [4.69, 9.17) is 27.9 Å². The van der Waals surface area contributed by atoms with Gasteiger partial charge >= 0.3 is 13.7 Å². The van der Waals surface area contributed by atoms with E-state index in [1.54, 1.807) is 6.07 Å². The monoisotopic (exact) mass is 595 g/mol. The van der Waals surface area contributed by atoms with E-state index >= 15 is 0 Å². The van der Waals surface area contributed by atoms with Gasteiger partial charge in [0.05, 0.1) is 14.7 Å². The molecule has 0 aliphatic rings. The topological polar surface area (TPSA) is 121 Å². The fourth-order valence-corrected chi connectivity index (χ4v) is 7.72. The molecule has 8 nitrogen and oxygen atoms in total. The number of rotatable bonds is 5. The zero-order chi connectivity index (χ0) is 24.2. The SMILES string of the molecule is CC(C)(C)OC(=O)N(C(C)(C)P(=O)(O)O)S(=O)(=O)c1cc2c(Cl)c(CBr)cc(Cl)c2s1. The Bertz CT molecular complexity index is 1190. The number of carbonyl (C=O) groups is 1. The van der Waals surface area contributed by atoms with Crippen molar-refractivity contribution in [2.45, 2.75) is 55.0 Å². The van der Waals surface area contributed by atoms with Gasteiger partial charge in [0.15, 0.2) is 5.28 Å². The Morgan fingerprint density at radius 2 is 1.77 bits per heavy atom. The van der Waals surface area contributed by atoms with E-state index in [1.165, 1.54) is 26.8 Å². The highest BCUT2D eigenvalue weighted by Gasteiger charge is 2.53. The van der Waals surface area contributed by atoms with Crippen LogP contribution in [0.3, 0.4) is 0 Å². The van der Waals surface area contributed by atoms with Crippen molar-refractivity contribution in [3.63, 3.8) is 0 Å². The van der Waals surface area contributed by atoms with Crippen LogP contribution in [-0.4, -0.2) is 39.5 Å². The van der Waals surface area contributed by atoms with Crippen LogP contribution in [0, 0.1) is 0 Å². The summed E-state index contributed by atoms with van der Waals surface area (Å²) in [7, 11) is -9.91. The zero-order valence-corrected chi connectivity index (χ0v) is 22.8. The van der Waals surface area contributed by atoms with Crippen LogP contribution in [0.5, 0.6) is 0 Å². The summed E-state index contributed by atoms with van der Waals surface area (Å²) in [5.41, 5.74) is -0.492. The van der Waals surface area contributed by atoms with Crippen LogP contribution < -0.4 is 0 Å². The molecule has 14 heteroatoms. The number of amides is 1. The van der Waals surface area contributed by atoms with Gasteiger partial charge in [-0.1, -0.05) is 39.1 Å². The highest BCUT2D eigenvalue weighted by atomic mass is 79.9. The lowest BCUT2D eigenvalue weighted by atomic mass is 10.2. The normalized spacial score (nSPS) is 13.5. The van der Waals surface area contributed by atoms with Crippen molar-refractivity contribution >= 4 is 84.3 Å². The molecule has 0 aliphatic carbocycles. The third-order valence-electron chi connectivity index (χ3n) is 4.15. The van der Waals surface area contributed by atoms with Gasteiger partial charge in [0.25, 0.3) is 10.0 Å². The van der Waals surface area contributed by atoms with Crippen molar-refractivity contribution in [1.82, 2.24) is 4.31 Å². The molecular formula is C17H21BrCl2NO7PS2. The van der Waals surface area contributed by atoms with Gasteiger partial charge in [-0.05, 0) is 52.3 Å². The van der Waals surface area contributed by atoms with E-state index in [0.29, 0.717) is 21.0 Å². The van der Waals surface area contributed by atoms with Crippen molar-refractivity contribution in [2.24, 2.45) is 0 Å². The summed E-state index contributed by atoms with van der Waals surface area (Å²) in [4.78, 5) is 32.5. The molecule has 1 heterocycles. The quantitative estimate of drug-likeness (QED) is 0.323. The molecule has 174 valence electrons. The molecule has 0 unspecified atom stereocenters. The molecule has 0 aliphatic heterocycles. The second-order valence-electron chi connectivity index (χ2n) is 8.06. The number of hydrogen-bond donors (Lipinski definition) is 2. The molecule has 0 saturated heterocycles. The first-order valence-electron chi connectivity index (χ1n) is 8.65. The number of thiophene rings is 1. The van der Waals surface area contributed by atoms with E-state index in [0.717, 1.165) is 25.2 Å². The van der Waals surface area contributed by atoms with Crippen molar-refractivity contribution < 1.29 is 32.3 Å². The van der Waals surface area contributed by atoms with Crippen LogP contribution in [0.2, 0.25) is 10.0 Å². The van der Waals surface area contributed by atoms with Crippen LogP contribution in [-0.2, 0) is 24.7 Å². The minimum absolute atomic E-state index is 0.0873. The number of nitrogens with zero attached hydrogens (tertiary/aromatic N) is 1. The number of ether oxygens (including phenoxy) is 1. The maximum atomic E-state index is 13.5. The van der Waals surface area contributed by atoms with Gasteiger partial charge in [-0.25, -0.2) is 4.79 Å². The lowest BCUT2D eigenvalue weighted by Gasteiger charge is -2.37. The molecule has 2 aromatic rings. The van der Waals surface area contributed by atoms with Crippen LogP contribution in [0.15, 0.2) is 16.3 Å². The Balaban J connectivity index is 2.79. The molecule has 1 amide bonds. The first-order valence-corrected chi connectivity index (χ1v) is 14.4. The molecule has 1 aromatic heterocycles. The van der Waals surface area contributed by atoms with Gasteiger partial charge in [-0.3, -0.25) is 4.57 Å². The number of carbonyl (C=O) groups excluding carboxylic acids is 1. The molecule has 2 rings (SSSR count). The van der Waals surface area contributed by atoms with Gasteiger partial charge in [-0.15, -0.1) is 11.3 Å². The highest BCUT2D eigenvalue weighted by Crippen LogP contribution is 2.54. The zero-order valence-electron chi connectivity index (χ0n) is 17.1. The molecule has 0 fully saturated rings. The summed E-state index contributed by atoms with van der Waals surface area (Å²) < 4.78 is 44.4. The highest BCUT2D eigenvalue weighted by molar-refractivity contribution is 9.08. The van der Waals surface area contributed by atoms with E-state index in [-0.39, 0.29) is 18.6 Å². The average Bonchev–Trinajstić information content (AvgIpc) is 3.02. The van der Waals surface area contributed by atoms with Crippen LogP contribution >= 0.6 is 58.1 Å². The Hall–Kier alpha value is -0.390. The first kappa shape index (κ1) is 26.9. The third-order valence-corrected chi connectivity index (χ3v) is 10.9.